The topological polar surface area (TPSA) is 55.4 Å². The van der Waals surface area contributed by atoms with Crippen LogP contribution < -0.4 is 10.1 Å². The number of hydrogen-bond acceptors (Lipinski definition) is 3. The van der Waals surface area contributed by atoms with E-state index in [1.165, 1.54) is 24.3 Å². The van der Waals surface area contributed by atoms with Crippen LogP contribution in [0.25, 0.3) is 0 Å². The molecule has 30 heavy (non-hydrogen) atoms. The highest BCUT2D eigenvalue weighted by Crippen LogP contribution is 2.22. The maximum Gasteiger partial charge on any atom is 0.255 e. The third-order valence-electron chi connectivity index (χ3n) is 4.27. The van der Waals surface area contributed by atoms with Crippen LogP contribution in [0, 0.1) is 5.82 Å². The van der Waals surface area contributed by atoms with E-state index in [0.717, 1.165) is 4.47 Å². The first-order valence-corrected chi connectivity index (χ1v) is 10.5. The van der Waals surface area contributed by atoms with Gasteiger partial charge in [-0.3, -0.25) is 9.59 Å². The summed E-state index contributed by atoms with van der Waals surface area (Å²) in [6.07, 6.45) is -0.543. The lowest BCUT2D eigenvalue weighted by atomic mass is 10.0. The molecule has 1 N–H and O–H groups in total. The van der Waals surface area contributed by atoms with Crippen LogP contribution in [0.2, 0.25) is 0 Å². The largest absolute Gasteiger partial charge is 0.482 e. The van der Waals surface area contributed by atoms with Gasteiger partial charge in [-0.05, 0) is 60.7 Å². The van der Waals surface area contributed by atoms with E-state index >= 15 is 0 Å². The quantitative estimate of drug-likeness (QED) is 0.307. The average molecular weight is 491 g/mol. The van der Waals surface area contributed by atoms with Crippen LogP contribution >= 0.6 is 27.5 Å². The fourth-order valence-electron chi connectivity index (χ4n) is 2.76. The Hall–Kier alpha value is -2.70. The van der Waals surface area contributed by atoms with Gasteiger partial charge in [-0.15, -0.1) is 11.6 Å². The van der Waals surface area contributed by atoms with Gasteiger partial charge >= 0.3 is 0 Å². The molecule has 7 heteroatoms. The molecule has 0 spiro atoms. The van der Waals surface area contributed by atoms with Crippen molar-refractivity contribution in [2.75, 3.05) is 11.2 Å². The monoisotopic (exact) mass is 489 g/mol. The van der Waals surface area contributed by atoms with E-state index in [1.807, 2.05) is 0 Å². The molecule has 0 fully saturated rings. The molecule has 3 aromatic carbocycles. The zero-order chi connectivity index (χ0) is 21.5. The Morgan fingerprint density at radius 3 is 2.33 bits per heavy atom. The Labute approximate surface area is 187 Å². The first-order chi connectivity index (χ1) is 14.5. The van der Waals surface area contributed by atoms with E-state index in [4.69, 9.17) is 16.3 Å². The van der Waals surface area contributed by atoms with Crippen molar-refractivity contribution in [3.63, 3.8) is 0 Å². The van der Waals surface area contributed by atoms with Crippen molar-refractivity contribution < 1.29 is 18.7 Å². The van der Waals surface area contributed by atoms with Gasteiger partial charge in [0.2, 0.25) is 5.78 Å². The number of rotatable bonds is 8. The zero-order valence-electron chi connectivity index (χ0n) is 15.8. The van der Waals surface area contributed by atoms with Crippen molar-refractivity contribution in [2.24, 2.45) is 0 Å². The molecular weight excluding hydrogens is 473 g/mol. The predicted octanol–water partition coefficient (Wildman–Crippen LogP) is 6.10. The Balaban J connectivity index is 1.73. The number of ketones is 1. The van der Waals surface area contributed by atoms with E-state index in [-0.39, 0.29) is 24.0 Å². The van der Waals surface area contributed by atoms with Gasteiger partial charge in [-0.1, -0.05) is 22.0 Å². The number of carbonyl (C=O) groups is 2. The molecular formula is C23H18BrClFNO3. The van der Waals surface area contributed by atoms with Gasteiger partial charge in [0.1, 0.15) is 11.6 Å². The Morgan fingerprint density at radius 2 is 1.67 bits per heavy atom. The average Bonchev–Trinajstić information content (AvgIpc) is 2.74. The van der Waals surface area contributed by atoms with Crippen molar-refractivity contribution >= 4 is 44.9 Å². The summed E-state index contributed by atoms with van der Waals surface area (Å²) in [5.74, 6) is -0.346. The molecule has 154 valence electrons. The number of halogens is 3. The molecule has 3 rings (SSSR count). The normalized spacial score (nSPS) is 11.6. The van der Waals surface area contributed by atoms with Crippen LogP contribution in [0.1, 0.15) is 27.1 Å². The number of ether oxygens (including phenoxy) is 1. The minimum atomic E-state index is -0.828. The number of hydrogen-bond donors (Lipinski definition) is 1. The highest BCUT2D eigenvalue weighted by molar-refractivity contribution is 9.10. The number of alkyl halides is 1. The van der Waals surface area contributed by atoms with Gasteiger partial charge in [0.05, 0.1) is 0 Å². The summed E-state index contributed by atoms with van der Waals surface area (Å²) in [5.41, 5.74) is 1.38. The van der Waals surface area contributed by atoms with Crippen molar-refractivity contribution in [3.05, 3.63) is 94.2 Å². The SMILES string of the molecule is O=C(Nc1cccc(OC(CCCl)C(=O)c2ccc(F)cc2)c1)c1ccc(Br)cc1. The molecule has 1 atom stereocenters. The third-order valence-corrected chi connectivity index (χ3v) is 5.02. The molecule has 3 aromatic rings. The number of amides is 1. The van der Waals surface area contributed by atoms with E-state index in [0.29, 0.717) is 22.6 Å². The summed E-state index contributed by atoms with van der Waals surface area (Å²) in [7, 11) is 0. The standard InChI is InChI=1S/C23H18BrClFNO3/c24-17-8-4-16(5-9-17)23(29)27-19-2-1-3-20(14-19)30-21(12-13-25)22(28)15-6-10-18(26)11-7-15/h1-11,14,21H,12-13H2,(H,27,29). The van der Waals surface area contributed by atoms with Gasteiger partial charge in [-0.2, -0.15) is 0 Å². The molecule has 0 saturated carbocycles. The Bertz CT molecular complexity index is 1030. The number of carbonyl (C=O) groups excluding carboxylic acids is 2. The minimum absolute atomic E-state index is 0.220. The van der Waals surface area contributed by atoms with Gasteiger partial charge < -0.3 is 10.1 Å². The minimum Gasteiger partial charge on any atom is -0.482 e. The summed E-state index contributed by atoms with van der Waals surface area (Å²) in [6.45, 7) is 0. The predicted molar refractivity (Wildman–Crippen MR) is 119 cm³/mol. The number of benzene rings is 3. The van der Waals surface area contributed by atoms with Crippen LogP contribution in [0.15, 0.2) is 77.3 Å². The maximum absolute atomic E-state index is 13.1. The van der Waals surface area contributed by atoms with Crippen molar-refractivity contribution in [3.8, 4) is 5.75 Å². The molecule has 0 bridgehead atoms. The molecule has 4 nitrogen and oxygen atoms in total. The summed E-state index contributed by atoms with van der Waals surface area (Å²) in [6, 6.07) is 19.0. The van der Waals surface area contributed by atoms with E-state index in [2.05, 4.69) is 21.2 Å². The molecule has 0 heterocycles. The molecule has 0 aromatic heterocycles. The van der Waals surface area contributed by atoms with E-state index in [9.17, 15) is 14.0 Å². The fourth-order valence-corrected chi connectivity index (χ4v) is 3.22. The Kier molecular flexibility index (Phi) is 7.60. The third kappa shape index (κ3) is 5.90. The molecule has 0 aliphatic carbocycles. The molecule has 0 aliphatic rings. The molecule has 1 amide bonds. The summed E-state index contributed by atoms with van der Waals surface area (Å²) >= 11 is 9.18. The molecule has 0 aliphatic heterocycles. The second kappa shape index (κ2) is 10.4. The zero-order valence-corrected chi connectivity index (χ0v) is 18.1. The molecule has 0 radical (unpaired) electrons. The lowest BCUT2D eigenvalue weighted by Crippen LogP contribution is -2.28. The number of Topliss-reactive ketones (excluding diaryl/α,β-unsaturated/α-hetero) is 1. The highest BCUT2D eigenvalue weighted by Gasteiger charge is 2.22. The molecule has 1 unspecified atom stereocenters. The van der Waals surface area contributed by atoms with Crippen LogP contribution in [0.5, 0.6) is 5.75 Å². The van der Waals surface area contributed by atoms with Gasteiger partial charge in [0.25, 0.3) is 5.91 Å². The smallest absolute Gasteiger partial charge is 0.255 e. The Morgan fingerprint density at radius 1 is 1.00 bits per heavy atom. The summed E-state index contributed by atoms with van der Waals surface area (Å²) in [4.78, 5) is 25.2. The number of nitrogens with one attached hydrogen (secondary N) is 1. The van der Waals surface area contributed by atoms with Crippen molar-refractivity contribution in [2.45, 2.75) is 12.5 Å². The van der Waals surface area contributed by atoms with E-state index in [1.54, 1.807) is 48.5 Å². The van der Waals surface area contributed by atoms with Crippen molar-refractivity contribution in [1.82, 2.24) is 0 Å². The van der Waals surface area contributed by atoms with Crippen LogP contribution in [0.4, 0.5) is 10.1 Å². The first-order valence-electron chi connectivity index (χ1n) is 9.15. The lowest BCUT2D eigenvalue weighted by molar-refractivity contribution is 0.0787. The van der Waals surface area contributed by atoms with Gasteiger partial charge in [0, 0.05) is 39.7 Å². The molecule has 0 saturated heterocycles. The van der Waals surface area contributed by atoms with Gasteiger partial charge in [-0.25, -0.2) is 4.39 Å². The number of anilines is 1. The summed E-state index contributed by atoms with van der Waals surface area (Å²) < 4.78 is 19.9. The first kappa shape index (κ1) is 22.0. The van der Waals surface area contributed by atoms with Crippen LogP contribution in [0.3, 0.4) is 0 Å². The summed E-state index contributed by atoms with van der Waals surface area (Å²) in [5, 5.41) is 2.80. The highest BCUT2D eigenvalue weighted by atomic mass is 79.9. The maximum atomic E-state index is 13.1. The second-order valence-corrected chi connectivity index (χ2v) is 7.74. The second-order valence-electron chi connectivity index (χ2n) is 6.44. The lowest BCUT2D eigenvalue weighted by Gasteiger charge is -2.18. The fraction of sp³-hybridized carbons (Fsp3) is 0.130. The van der Waals surface area contributed by atoms with Crippen LogP contribution in [-0.4, -0.2) is 23.7 Å². The van der Waals surface area contributed by atoms with Crippen molar-refractivity contribution in [1.29, 1.82) is 0 Å². The van der Waals surface area contributed by atoms with E-state index < -0.39 is 11.9 Å². The van der Waals surface area contributed by atoms with Crippen LogP contribution in [-0.2, 0) is 0 Å². The van der Waals surface area contributed by atoms with Gasteiger partial charge in [0.15, 0.2) is 6.10 Å².